The smallest absolute Gasteiger partial charge is 0.240 e. The molecule has 0 atom stereocenters. The van der Waals surface area contributed by atoms with Crippen LogP contribution in [0.2, 0.25) is 0 Å². The largest absolute Gasteiger partial charge is 0.399 e. The summed E-state index contributed by atoms with van der Waals surface area (Å²) < 4.78 is 0. The van der Waals surface area contributed by atoms with Crippen molar-refractivity contribution in [2.24, 2.45) is 5.92 Å². The van der Waals surface area contributed by atoms with Crippen molar-refractivity contribution in [1.29, 1.82) is 0 Å². The number of benzene rings is 1. The molecule has 0 radical (unpaired) electrons. The van der Waals surface area contributed by atoms with E-state index in [0.717, 1.165) is 11.3 Å². The number of hydrogen-bond acceptors (Lipinski definition) is 3. The number of nitrogens with one attached hydrogen (secondary N) is 1. The van der Waals surface area contributed by atoms with E-state index in [9.17, 15) is 9.59 Å². The number of carbonyl (C=O) groups is 2. The molecular weight excluding hydrogens is 254 g/mol. The lowest BCUT2D eigenvalue weighted by Gasteiger charge is -2.29. The first-order valence-corrected chi connectivity index (χ1v) is 6.93. The van der Waals surface area contributed by atoms with Gasteiger partial charge in [-0.15, -0.1) is 0 Å². The number of fused-ring (bicyclic) bond motifs is 1. The average molecular weight is 275 g/mol. The summed E-state index contributed by atoms with van der Waals surface area (Å²) in [5, 5.41) is 2.83. The maximum atomic E-state index is 12.0. The Morgan fingerprint density at radius 3 is 2.85 bits per heavy atom. The standard InChI is InChI=1S/C15H21N3O2/c1-10(2)8-17-14(19)9-18-13-5-4-12(16)7-11(13)3-6-15(18)20/h4-5,7,10H,3,6,8-9,16H2,1-2H3,(H,17,19). The molecule has 2 rings (SSSR count). The van der Waals surface area contributed by atoms with Gasteiger partial charge in [-0.2, -0.15) is 0 Å². The lowest BCUT2D eigenvalue weighted by molar-refractivity contribution is -0.124. The summed E-state index contributed by atoms with van der Waals surface area (Å²) in [4.78, 5) is 25.5. The summed E-state index contributed by atoms with van der Waals surface area (Å²) in [5.41, 5.74) is 8.27. The van der Waals surface area contributed by atoms with E-state index in [1.54, 1.807) is 11.0 Å². The van der Waals surface area contributed by atoms with Gasteiger partial charge in [-0.1, -0.05) is 13.8 Å². The summed E-state index contributed by atoms with van der Waals surface area (Å²) >= 11 is 0. The van der Waals surface area contributed by atoms with E-state index >= 15 is 0 Å². The Morgan fingerprint density at radius 2 is 2.15 bits per heavy atom. The molecule has 1 aromatic carbocycles. The van der Waals surface area contributed by atoms with Crippen molar-refractivity contribution in [1.82, 2.24) is 5.32 Å². The van der Waals surface area contributed by atoms with Gasteiger partial charge in [0.05, 0.1) is 0 Å². The fraction of sp³-hybridized carbons (Fsp3) is 0.467. The second-order valence-electron chi connectivity index (χ2n) is 5.57. The lowest BCUT2D eigenvalue weighted by Crippen LogP contribution is -2.43. The molecule has 0 bridgehead atoms. The van der Waals surface area contributed by atoms with Gasteiger partial charge in [0.1, 0.15) is 6.54 Å². The molecule has 0 saturated carbocycles. The van der Waals surface area contributed by atoms with Gasteiger partial charge in [0, 0.05) is 24.3 Å². The van der Waals surface area contributed by atoms with Crippen LogP contribution in [0.1, 0.15) is 25.8 Å². The Kier molecular flexibility index (Phi) is 4.27. The van der Waals surface area contributed by atoms with Crippen LogP contribution in [-0.4, -0.2) is 24.9 Å². The normalized spacial score (nSPS) is 14.3. The minimum absolute atomic E-state index is 0.0121. The predicted octanol–water partition coefficient (Wildman–Crippen LogP) is 1.32. The highest BCUT2D eigenvalue weighted by atomic mass is 16.2. The van der Waals surface area contributed by atoms with Gasteiger partial charge in [-0.05, 0) is 36.1 Å². The molecule has 0 fully saturated rings. The summed E-state index contributed by atoms with van der Waals surface area (Å²) in [6, 6.07) is 5.45. The van der Waals surface area contributed by atoms with Crippen LogP contribution in [0.4, 0.5) is 11.4 Å². The van der Waals surface area contributed by atoms with E-state index in [-0.39, 0.29) is 18.4 Å². The summed E-state index contributed by atoms with van der Waals surface area (Å²) in [7, 11) is 0. The van der Waals surface area contributed by atoms with Crippen LogP contribution in [-0.2, 0) is 16.0 Å². The van der Waals surface area contributed by atoms with Gasteiger partial charge < -0.3 is 16.0 Å². The number of hydrogen-bond donors (Lipinski definition) is 2. The summed E-state index contributed by atoms with van der Waals surface area (Å²) in [5.74, 6) is 0.252. The van der Waals surface area contributed by atoms with Crippen molar-refractivity contribution in [3.63, 3.8) is 0 Å². The number of amides is 2. The molecular formula is C15H21N3O2. The molecule has 0 unspecified atom stereocenters. The first kappa shape index (κ1) is 14.4. The molecule has 108 valence electrons. The highest BCUT2D eigenvalue weighted by Crippen LogP contribution is 2.29. The van der Waals surface area contributed by atoms with Gasteiger partial charge in [0.2, 0.25) is 11.8 Å². The number of rotatable bonds is 4. The van der Waals surface area contributed by atoms with Gasteiger partial charge in [-0.25, -0.2) is 0 Å². The molecule has 0 aliphatic carbocycles. The van der Waals surface area contributed by atoms with Crippen molar-refractivity contribution in [2.45, 2.75) is 26.7 Å². The fourth-order valence-electron chi connectivity index (χ4n) is 2.27. The molecule has 0 aromatic heterocycles. The van der Waals surface area contributed by atoms with Crippen LogP contribution in [0.3, 0.4) is 0 Å². The van der Waals surface area contributed by atoms with E-state index in [4.69, 9.17) is 5.73 Å². The Balaban J connectivity index is 2.11. The highest BCUT2D eigenvalue weighted by Gasteiger charge is 2.25. The quantitative estimate of drug-likeness (QED) is 0.814. The van der Waals surface area contributed by atoms with E-state index in [0.29, 0.717) is 31.0 Å². The Hall–Kier alpha value is -2.04. The van der Waals surface area contributed by atoms with Crippen molar-refractivity contribution >= 4 is 23.2 Å². The van der Waals surface area contributed by atoms with Crippen molar-refractivity contribution < 1.29 is 9.59 Å². The first-order chi connectivity index (χ1) is 9.47. The molecule has 1 aliphatic rings. The second kappa shape index (κ2) is 5.94. The fourth-order valence-corrected chi connectivity index (χ4v) is 2.27. The van der Waals surface area contributed by atoms with E-state index in [1.807, 2.05) is 26.0 Å². The van der Waals surface area contributed by atoms with Gasteiger partial charge in [0.15, 0.2) is 0 Å². The lowest BCUT2D eigenvalue weighted by atomic mass is 10.0. The third kappa shape index (κ3) is 3.29. The molecule has 20 heavy (non-hydrogen) atoms. The molecule has 2 amide bonds. The van der Waals surface area contributed by atoms with Crippen LogP contribution in [0.5, 0.6) is 0 Å². The zero-order chi connectivity index (χ0) is 14.7. The van der Waals surface area contributed by atoms with Gasteiger partial charge in [-0.3, -0.25) is 9.59 Å². The van der Waals surface area contributed by atoms with Crippen molar-refractivity contribution in [2.75, 3.05) is 23.7 Å². The maximum absolute atomic E-state index is 12.0. The van der Waals surface area contributed by atoms with E-state index in [1.165, 1.54) is 0 Å². The van der Waals surface area contributed by atoms with E-state index in [2.05, 4.69) is 5.32 Å². The van der Waals surface area contributed by atoms with Gasteiger partial charge in [0.25, 0.3) is 0 Å². The molecule has 5 nitrogen and oxygen atoms in total. The third-order valence-electron chi connectivity index (χ3n) is 3.31. The second-order valence-corrected chi connectivity index (χ2v) is 5.57. The Bertz CT molecular complexity index is 526. The number of nitrogens with zero attached hydrogens (tertiary/aromatic N) is 1. The molecule has 1 aliphatic heterocycles. The Morgan fingerprint density at radius 1 is 1.40 bits per heavy atom. The van der Waals surface area contributed by atoms with Crippen molar-refractivity contribution in [3.8, 4) is 0 Å². The van der Waals surface area contributed by atoms with Crippen molar-refractivity contribution in [3.05, 3.63) is 23.8 Å². The van der Waals surface area contributed by atoms with E-state index < -0.39 is 0 Å². The van der Waals surface area contributed by atoms with Gasteiger partial charge >= 0.3 is 0 Å². The Labute approximate surface area is 119 Å². The molecule has 1 heterocycles. The predicted molar refractivity (Wildman–Crippen MR) is 79.4 cm³/mol. The molecule has 0 saturated heterocycles. The zero-order valence-electron chi connectivity index (χ0n) is 12.0. The number of nitrogen functional groups attached to an aromatic ring is 1. The molecule has 0 spiro atoms. The topological polar surface area (TPSA) is 75.4 Å². The average Bonchev–Trinajstić information content (AvgIpc) is 2.39. The first-order valence-electron chi connectivity index (χ1n) is 6.93. The number of carbonyl (C=O) groups excluding carboxylic acids is 2. The minimum Gasteiger partial charge on any atom is -0.399 e. The third-order valence-corrected chi connectivity index (χ3v) is 3.31. The SMILES string of the molecule is CC(C)CNC(=O)CN1C(=O)CCc2cc(N)ccc21. The van der Waals surface area contributed by atoms with Crippen LogP contribution >= 0.6 is 0 Å². The summed E-state index contributed by atoms with van der Waals surface area (Å²) in [6.45, 7) is 4.76. The molecule has 1 aromatic rings. The van der Waals surface area contributed by atoms with Crippen LogP contribution in [0.15, 0.2) is 18.2 Å². The number of nitrogens with two attached hydrogens (primary N) is 1. The highest BCUT2D eigenvalue weighted by molar-refractivity contribution is 6.01. The molecule has 5 heteroatoms. The summed E-state index contributed by atoms with van der Waals surface area (Å²) in [6.07, 6.45) is 1.11. The minimum atomic E-state index is -0.128. The molecule has 3 N–H and O–H groups in total. The maximum Gasteiger partial charge on any atom is 0.240 e. The van der Waals surface area contributed by atoms with Crippen LogP contribution in [0, 0.1) is 5.92 Å². The van der Waals surface area contributed by atoms with Crippen LogP contribution in [0.25, 0.3) is 0 Å². The zero-order valence-corrected chi connectivity index (χ0v) is 12.0. The monoisotopic (exact) mass is 275 g/mol. The number of aryl methyl sites for hydroxylation is 1. The van der Waals surface area contributed by atoms with Crippen LogP contribution < -0.4 is 16.0 Å². The number of anilines is 2.